The highest BCUT2D eigenvalue weighted by molar-refractivity contribution is 7.47. The number of rotatable bonds is 72. The largest absolute Gasteiger partial charge is 0.472 e. The second-order valence-corrected chi connectivity index (χ2v) is 28.5. The van der Waals surface area contributed by atoms with Crippen molar-refractivity contribution in [2.75, 3.05) is 39.6 Å². The lowest BCUT2D eigenvalue weighted by Gasteiger charge is -2.21. The molecule has 0 fully saturated rings. The highest BCUT2D eigenvalue weighted by Gasteiger charge is 2.30. The Bertz CT molecular complexity index is 2110. The topological polar surface area (TPSA) is 237 Å². The molecule has 0 radical (unpaired) electrons. The molecule has 0 aliphatic heterocycles. The highest BCUT2D eigenvalue weighted by Crippen LogP contribution is 2.45. The van der Waals surface area contributed by atoms with Gasteiger partial charge in [0, 0.05) is 25.7 Å². The Morgan fingerprint density at radius 3 is 0.802 bits per heavy atom. The Hall–Kier alpha value is -3.50. The van der Waals surface area contributed by atoms with Gasteiger partial charge in [0.15, 0.2) is 12.2 Å². The van der Waals surface area contributed by atoms with Gasteiger partial charge in [0.1, 0.15) is 19.3 Å². The average Bonchev–Trinajstić information content (AvgIpc) is 1.36. The Morgan fingerprint density at radius 1 is 0.292 bits per heavy atom. The maximum atomic E-state index is 13.1. The summed E-state index contributed by atoms with van der Waals surface area (Å²) in [5.74, 6) is -2.20. The summed E-state index contributed by atoms with van der Waals surface area (Å²) in [7, 11) is -9.95. The van der Waals surface area contributed by atoms with Crippen molar-refractivity contribution in [2.45, 2.75) is 354 Å². The van der Waals surface area contributed by atoms with Crippen molar-refractivity contribution in [1.29, 1.82) is 0 Å². The molecule has 0 aliphatic carbocycles. The average molecular weight is 1400 g/mol. The van der Waals surface area contributed by atoms with Crippen LogP contribution < -0.4 is 0 Å². The molecule has 0 aromatic carbocycles. The van der Waals surface area contributed by atoms with Crippen LogP contribution in [0.15, 0.2) is 72.9 Å². The van der Waals surface area contributed by atoms with E-state index < -0.39 is 97.5 Å². The first-order valence-electron chi connectivity index (χ1n) is 38.2. The Morgan fingerprint density at radius 2 is 0.510 bits per heavy atom. The summed E-state index contributed by atoms with van der Waals surface area (Å²) in [6, 6.07) is 0. The number of hydrogen-bond donors (Lipinski definition) is 3. The summed E-state index contributed by atoms with van der Waals surface area (Å²) < 4.78 is 68.4. The highest BCUT2D eigenvalue weighted by atomic mass is 31.2. The molecule has 96 heavy (non-hydrogen) atoms. The molecule has 3 N–H and O–H groups in total. The first-order chi connectivity index (χ1) is 46.7. The van der Waals surface area contributed by atoms with Gasteiger partial charge in [-0.25, -0.2) is 9.13 Å². The quantitative estimate of drug-likeness (QED) is 0.0169. The minimum absolute atomic E-state index is 0.0778. The molecular formula is C77H138O17P2. The smallest absolute Gasteiger partial charge is 0.462 e. The van der Waals surface area contributed by atoms with E-state index >= 15 is 0 Å². The van der Waals surface area contributed by atoms with Gasteiger partial charge in [-0.15, -0.1) is 0 Å². The molecule has 0 aromatic heterocycles. The van der Waals surface area contributed by atoms with Gasteiger partial charge in [-0.2, -0.15) is 0 Å². The van der Waals surface area contributed by atoms with Crippen LogP contribution in [0, 0.1) is 0 Å². The second kappa shape index (κ2) is 70.0. The molecule has 0 saturated carbocycles. The molecule has 2 unspecified atom stereocenters. The van der Waals surface area contributed by atoms with Crippen LogP contribution >= 0.6 is 15.6 Å². The molecule has 0 amide bonds. The first-order valence-corrected chi connectivity index (χ1v) is 41.2. The summed E-state index contributed by atoms with van der Waals surface area (Å²) in [4.78, 5) is 72.8. The molecule has 0 saturated heterocycles. The third-order valence-corrected chi connectivity index (χ3v) is 18.0. The summed E-state index contributed by atoms with van der Waals surface area (Å²) in [6.07, 6.45) is 68.8. The standard InChI is InChI=1S/C77H138O17P2/c1-5-9-13-17-21-25-29-33-35-39-42-46-50-54-58-62-75(80)88-68-73(94-77(82)64-60-56-52-48-44-40-36-34-30-26-22-18-14-10-6-2)70-92-96(85,86)90-66-71(78)65-89-95(83,84)91-69-72(93-76(81)63-59-55-51-47-43-38-32-28-24-20-16-12-8-4)67-87-74(79)61-57-53-49-45-41-37-31-27-23-19-15-11-7-3/h21-22,25-28,31-36,71-73,78H,5-20,23-24,29-30,37-70H2,1-4H3,(H,83,84)(H,85,86)/b25-21-,26-22-,31-27-,32-28-,35-33-,36-34-/t71-,72-,73-/m1/s1. The fraction of sp³-hybridized carbons (Fsp3) is 0.792. The van der Waals surface area contributed by atoms with E-state index in [1.807, 2.05) is 0 Å². The zero-order chi connectivity index (χ0) is 70.4. The van der Waals surface area contributed by atoms with Crippen LogP contribution in [0.4, 0.5) is 0 Å². The molecule has 0 heterocycles. The van der Waals surface area contributed by atoms with Crippen molar-refractivity contribution in [1.82, 2.24) is 0 Å². The Balaban J connectivity index is 5.36. The Kier molecular flexibility index (Phi) is 67.4. The minimum Gasteiger partial charge on any atom is -0.462 e. The molecule has 0 aliphatic rings. The summed E-state index contributed by atoms with van der Waals surface area (Å²) >= 11 is 0. The fourth-order valence-corrected chi connectivity index (χ4v) is 11.8. The molecular weight excluding hydrogens is 1260 g/mol. The van der Waals surface area contributed by atoms with Crippen molar-refractivity contribution < 1.29 is 80.2 Å². The number of hydrogen-bond acceptors (Lipinski definition) is 15. The van der Waals surface area contributed by atoms with Crippen LogP contribution in [-0.2, 0) is 65.4 Å². The number of carbonyl (C=O) groups is 4. The van der Waals surface area contributed by atoms with E-state index in [1.54, 1.807) is 0 Å². The molecule has 5 atom stereocenters. The van der Waals surface area contributed by atoms with Gasteiger partial charge in [-0.3, -0.25) is 37.3 Å². The molecule has 17 nitrogen and oxygen atoms in total. The van der Waals surface area contributed by atoms with E-state index in [2.05, 4.69) is 101 Å². The van der Waals surface area contributed by atoms with Gasteiger partial charge >= 0.3 is 39.5 Å². The third kappa shape index (κ3) is 69.0. The van der Waals surface area contributed by atoms with Gasteiger partial charge in [-0.1, -0.05) is 242 Å². The molecule has 0 aromatic rings. The van der Waals surface area contributed by atoms with E-state index in [0.717, 1.165) is 167 Å². The molecule has 0 spiro atoms. The van der Waals surface area contributed by atoms with Crippen LogP contribution in [0.5, 0.6) is 0 Å². The van der Waals surface area contributed by atoms with Crippen LogP contribution in [0.2, 0.25) is 0 Å². The van der Waals surface area contributed by atoms with Crippen LogP contribution in [0.1, 0.15) is 336 Å². The maximum Gasteiger partial charge on any atom is 0.472 e. The zero-order valence-corrected chi connectivity index (χ0v) is 62.6. The lowest BCUT2D eigenvalue weighted by Crippen LogP contribution is -2.30. The number of phosphoric ester groups is 2. The summed E-state index contributed by atoms with van der Waals surface area (Å²) in [6.45, 7) is 4.77. The van der Waals surface area contributed by atoms with Gasteiger partial charge in [0.2, 0.25) is 0 Å². The first kappa shape index (κ1) is 92.5. The normalized spacial score (nSPS) is 14.4. The number of phosphoric acid groups is 2. The number of unbranched alkanes of at least 4 members (excludes halogenated alkanes) is 34. The van der Waals surface area contributed by atoms with Gasteiger partial charge in [0.05, 0.1) is 26.4 Å². The predicted molar refractivity (Wildman–Crippen MR) is 390 cm³/mol. The van der Waals surface area contributed by atoms with Crippen LogP contribution in [-0.4, -0.2) is 96.7 Å². The van der Waals surface area contributed by atoms with Crippen molar-refractivity contribution >= 4 is 39.5 Å². The van der Waals surface area contributed by atoms with Gasteiger partial charge in [-0.05, 0) is 141 Å². The van der Waals surface area contributed by atoms with E-state index in [9.17, 15) is 43.2 Å². The van der Waals surface area contributed by atoms with Crippen molar-refractivity contribution in [3.05, 3.63) is 72.9 Å². The third-order valence-electron chi connectivity index (χ3n) is 16.1. The summed E-state index contributed by atoms with van der Waals surface area (Å²) in [5, 5.41) is 10.6. The number of esters is 4. The van der Waals surface area contributed by atoms with Crippen LogP contribution in [0.25, 0.3) is 0 Å². The predicted octanol–water partition coefficient (Wildman–Crippen LogP) is 21.7. The van der Waals surface area contributed by atoms with E-state index in [1.165, 1.54) is 89.9 Å². The molecule has 19 heteroatoms. The number of ether oxygens (including phenoxy) is 4. The van der Waals surface area contributed by atoms with Crippen molar-refractivity contribution in [2.24, 2.45) is 0 Å². The van der Waals surface area contributed by atoms with Crippen molar-refractivity contribution in [3.8, 4) is 0 Å². The van der Waals surface area contributed by atoms with E-state index in [4.69, 9.17) is 37.0 Å². The van der Waals surface area contributed by atoms with E-state index in [-0.39, 0.29) is 25.7 Å². The zero-order valence-electron chi connectivity index (χ0n) is 60.8. The number of aliphatic hydroxyl groups is 1. The Labute approximate surface area is 583 Å². The van der Waals surface area contributed by atoms with Gasteiger partial charge < -0.3 is 33.8 Å². The van der Waals surface area contributed by atoms with Crippen LogP contribution in [0.3, 0.4) is 0 Å². The monoisotopic (exact) mass is 1400 g/mol. The molecule has 0 rings (SSSR count). The maximum absolute atomic E-state index is 13.1. The second-order valence-electron chi connectivity index (χ2n) is 25.6. The number of allylic oxidation sites excluding steroid dienone is 12. The molecule has 558 valence electrons. The summed E-state index contributed by atoms with van der Waals surface area (Å²) in [5.41, 5.74) is 0. The van der Waals surface area contributed by atoms with E-state index in [0.29, 0.717) is 25.7 Å². The lowest BCUT2D eigenvalue weighted by atomic mass is 10.1. The fourth-order valence-electron chi connectivity index (χ4n) is 10.2. The minimum atomic E-state index is -4.98. The molecule has 0 bridgehead atoms. The number of aliphatic hydroxyl groups excluding tert-OH is 1. The van der Waals surface area contributed by atoms with Crippen molar-refractivity contribution in [3.63, 3.8) is 0 Å². The van der Waals surface area contributed by atoms with Gasteiger partial charge in [0.25, 0.3) is 0 Å². The lowest BCUT2D eigenvalue weighted by molar-refractivity contribution is -0.161. The SMILES string of the molecule is CCCCC/C=C\C/C=C\CCCCCCCC(=O)OC[C@H](COP(=O)(O)OC[C@H](O)COP(=O)(O)OC[C@@H](COC(=O)CCCCCCC/C=C\CCCCCC)OC(=O)CCCCCCC/C=C\CCCCCC)OC(=O)CCCCCCC/C=C\C/C=C\CCCCC. The number of carbonyl (C=O) groups excluding carboxylic acids is 4.